The molecule has 2 aromatic rings. The van der Waals surface area contributed by atoms with Crippen LogP contribution in [0.1, 0.15) is 25.3 Å². The predicted molar refractivity (Wildman–Crippen MR) is 70.0 cm³/mol. The summed E-state index contributed by atoms with van der Waals surface area (Å²) in [5.74, 6) is 0.352. The van der Waals surface area contributed by atoms with Crippen molar-refractivity contribution in [3.8, 4) is 0 Å². The molecular weight excluding hydrogens is 208 g/mol. The van der Waals surface area contributed by atoms with Crippen LogP contribution in [0.2, 0.25) is 0 Å². The van der Waals surface area contributed by atoms with Crippen LogP contribution in [0.4, 0.5) is 0 Å². The Morgan fingerprint density at radius 2 is 1.82 bits per heavy atom. The Balaban J connectivity index is 2.04. The topological polar surface area (TPSA) is 17.1 Å². The minimum atomic E-state index is -0.0376. The van der Waals surface area contributed by atoms with Gasteiger partial charge in [-0.15, -0.1) is 0 Å². The second kappa shape index (κ2) is 3.69. The van der Waals surface area contributed by atoms with Crippen molar-refractivity contribution in [3.05, 3.63) is 48.0 Å². The second-order valence-electron chi connectivity index (χ2n) is 5.15. The van der Waals surface area contributed by atoms with E-state index in [1.807, 2.05) is 0 Å². The van der Waals surface area contributed by atoms with Crippen molar-refractivity contribution < 1.29 is 4.79 Å². The van der Waals surface area contributed by atoms with Crippen LogP contribution in [0.3, 0.4) is 0 Å². The third kappa shape index (κ3) is 1.76. The van der Waals surface area contributed by atoms with Crippen LogP contribution in [0, 0.1) is 5.41 Å². The fourth-order valence-electron chi connectivity index (χ4n) is 2.62. The normalized spacial score (nSPS) is 17.0. The maximum Gasteiger partial charge on any atom is 0.136 e. The highest BCUT2D eigenvalue weighted by atomic mass is 16.1. The van der Waals surface area contributed by atoms with Crippen molar-refractivity contribution in [1.82, 2.24) is 0 Å². The Labute approximate surface area is 101 Å². The molecule has 86 valence electrons. The van der Waals surface area contributed by atoms with Crippen molar-refractivity contribution in [2.75, 3.05) is 0 Å². The summed E-state index contributed by atoms with van der Waals surface area (Å²) in [6.07, 6.45) is 3.03. The number of rotatable bonds is 3. The van der Waals surface area contributed by atoms with Crippen LogP contribution in [-0.4, -0.2) is 5.78 Å². The molecule has 0 bridgehead atoms. The first-order valence-corrected chi connectivity index (χ1v) is 6.19. The standard InChI is InChI=1S/C16H16O/c1-12(17)16(9-10-16)11-14-7-4-6-13-5-2-3-8-15(13)14/h2-8H,9-11H2,1H3. The highest BCUT2D eigenvalue weighted by Gasteiger charge is 2.47. The molecule has 0 aliphatic heterocycles. The zero-order valence-corrected chi connectivity index (χ0v) is 10.1. The van der Waals surface area contributed by atoms with Gasteiger partial charge in [0.15, 0.2) is 0 Å². The van der Waals surface area contributed by atoms with E-state index >= 15 is 0 Å². The number of benzene rings is 2. The molecule has 0 heterocycles. The van der Waals surface area contributed by atoms with E-state index in [9.17, 15) is 4.79 Å². The molecule has 0 N–H and O–H groups in total. The molecule has 17 heavy (non-hydrogen) atoms. The molecule has 3 rings (SSSR count). The number of ketones is 1. The number of hydrogen-bond acceptors (Lipinski definition) is 1. The quantitative estimate of drug-likeness (QED) is 0.776. The van der Waals surface area contributed by atoms with Crippen molar-refractivity contribution >= 4 is 16.6 Å². The molecule has 2 aromatic carbocycles. The van der Waals surface area contributed by atoms with Gasteiger partial charge in [0.2, 0.25) is 0 Å². The zero-order chi connectivity index (χ0) is 11.9. The summed E-state index contributed by atoms with van der Waals surface area (Å²) in [4.78, 5) is 11.7. The number of carbonyl (C=O) groups excluding carboxylic acids is 1. The molecule has 1 nitrogen and oxygen atoms in total. The second-order valence-corrected chi connectivity index (χ2v) is 5.15. The van der Waals surface area contributed by atoms with Gasteiger partial charge in [-0.25, -0.2) is 0 Å². The SMILES string of the molecule is CC(=O)C1(Cc2cccc3ccccc23)CC1. The maximum absolute atomic E-state index is 11.7. The van der Waals surface area contributed by atoms with E-state index in [-0.39, 0.29) is 5.41 Å². The minimum Gasteiger partial charge on any atom is -0.299 e. The van der Waals surface area contributed by atoms with Crippen molar-refractivity contribution in [3.63, 3.8) is 0 Å². The van der Waals surface area contributed by atoms with Crippen LogP contribution in [-0.2, 0) is 11.2 Å². The average Bonchev–Trinajstić information content (AvgIpc) is 3.11. The van der Waals surface area contributed by atoms with Crippen molar-refractivity contribution in [1.29, 1.82) is 0 Å². The molecule has 1 aliphatic carbocycles. The molecule has 0 amide bonds. The average molecular weight is 224 g/mol. The zero-order valence-electron chi connectivity index (χ0n) is 10.1. The van der Waals surface area contributed by atoms with Crippen molar-refractivity contribution in [2.45, 2.75) is 26.2 Å². The van der Waals surface area contributed by atoms with Gasteiger partial charge in [0.1, 0.15) is 5.78 Å². The highest BCUT2D eigenvalue weighted by Crippen LogP contribution is 2.49. The minimum absolute atomic E-state index is 0.0376. The monoisotopic (exact) mass is 224 g/mol. The fraction of sp³-hybridized carbons (Fsp3) is 0.312. The Morgan fingerprint density at radius 3 is 2.53 bits per heavy atom. The number of carbonyl (C=O) groups is 1. The van der Waals surface area contributed by atoms with E-state index in [0.29, 0.717) is 5.78 Å². The maximum atomic E-state index is 11.7. The van der Waals surface area contributed by atoms with Gasteiger partial charge < -0.3 is 0 Å². The summed E-state index contributed by atoms with van der Waals surface area (Å²) >= 11 is 0. The lowest BCUT2D eigenvalue weighted by Gasteiger charge is -2.13. The molecule has 0 aromatic heterocycles. The Morgan fingerprint density at radius 1 is 1.12 bits per heavy atom. The summed E-state index contributed by atoms with van der Waals surface area (Å²) in [6.45, 7) is 1.73. The molecule has 0 saturated heterocycles. The molecule has 1 heteroatoms. The van der Waals surface area contributed by atoms with Gasteiger partial charge in [0, 0.05) is 5.41 Å². The van der Waals surface area contributed by atoms with Gasteiger partial charge in [-0.1, -0.05) is 42.5 Å². The summed E-state index contributed by atoms with van der Waals surface area (Å²) < 4.78 is 0. The van der Waals surface area contributed by atoms with E-state index < -0.39 is 0 Å². The first kappa shape index (κ1) is 10.5. The van der Waals surface area contributed by atoms with Crippen LogP contribution < -0.4 is 0 Å². The van der Waals surface area contributed by atoms with E-state index in [1.54, 1.807) is 6.92 Å². The number of fused-ring (bicyclic) bond motifs is 1. The first-order valence-electron chi connectivity index (χ1n) is 6.19. The van der Waals surface area contributed by atoms with Gasteiger partial charge in [0.25, 0.3) is 0 Å². The van der Waals surface area contributed by atoms with E-state index in [4.69, 9.17) is 0 Å². The van der Waals surface area contributed by atoms with Crippen LogP contribution in [0.5, 0.6) is 0 Å². The first-order chi connectivity index (χ1) is 8.21. The highest BCUT2D eigenvalue weighted by molar-refractivity contribution is 5.89. The molecule has 0 spiro atoms. The van der Waals surface area contributed by atoms with Crippen LogP contribution >= 0.6 is 0 Å². The summed E-state index contributed by atoms with van der Waals surface area (Å²) in [6, 6.07) is 14.8. The summed E-state index contributed by atoms with van der Waals surface area (Å²) in [5, 5.41) is 2.56. The van der Waals surface area contributed by atoms with Crippen LogP contribution in [0.25, 0.3) is 10.8 Å². The number of Topliss-reactive ketones (excluding diaryl/α,β-unsaturated/α-hetero) is 1. The van der Waals surface area contributed by atoms with Gasteiger partial charge in [0.05, 0.1) is 0 Å². The van der Waals surface area contributed by atoms with E-state index in [1.165, 1.54) is 16.3 Å². The summed E-state index contributed by atoms with van der Waals surface area (Å²) in [7, 11) is 0. The smallest absolute Gasteiger partial charge is 0.136 e. The molecule has 1 fully saturated rings. The van der Waals surface area contributed by atoms with Crippen molar-refractivity contribution in [2.24, 2.45) is 5.41 Å². The summed E-state index contributed by atoms with van der Waals surface area (Å²) in [5.41, 5.74) is 1.28. The third-order valence-electron chi connectivity index (χ3n) is 4.01. The Kier molecular flexibility index (Phi) is 2.29. The Bertz CT molecular complexity index is 574. The van der Waals surface area contributed by atoms with Gasteiger partial charge in [-0.3, -0.25) is 4.79 Å². The lowest BCUT2D eigenvalue weighted by atomic mass is 9.90. The van der Waals surface area contributed by atoms with Crippen LogP contribution in [0.15, 0.2) is 42.5 Å². The number of hydrogen-bond donors (Lipinski definition) is 0. The lowest BCUT2D eigenvalue weighted by Crippen LogP contribution is -2.15. The molecule has 0 atom stereocenters. The molecule has 1 saturated carbocycles. The largest absolute Gasteiger partial charge is 0.299 e. The fourth-order valence-corrected chi connectivity index (χ4v) is 2.62. The third-order valence-corrected chi connectivity index (χ3v) is 4.01. The molecule has 0 unspecified atom stereocenters. The van der Waals surface area contributed by atoms with Gasteiger partial charge in [-0.2, -0.15) is 0 Å². The van der Waals surface area contributed by atoms with E-state index in [2.05, 4.69) is 42.5 Å². The lowest BCUT2D eigenvalue weighted by molar-refractivity contribution is -0.121. The Hall–Kier alpha value is -1.63. The molecule has 1 aliphatic rings. The molecular formula is C16H16O. The van der Waals surface area contributed by atoms with Gasteiger partial charge in [-0.05, 0) is 42.5 Å². The molecule has 0 radical (unpaired) electrons. The van der Waals surface area contributed by atoms with E-state index in [0.717, 1.165) is 19.3 Å². The van der Waals surface area contributed by atoms with Gasteiger partial charge >= 0.3 is 0 Å². The predicted octanol–water partition coefficient (Wildman–Crippen LogP) is 3.75.